The van der Waals surface area contributed by atoms with Gasteiger partial charge < -0.3 is 15.4 Å². The van der Waals surface area contributed by atoms with Gasteiger partial charge in [0.2, 0.25) is 5.91 Å². The summed E-state index contributed by atoms with van der Waals surface area (Å²) in [5.74, 6) is -1.34. The smallest absolute Gasteiger partial charge is 0.239 e. The topological polar surface area (TPSA) is 55.6 Å². The predicted octanol–water partition coefficient (Wildman–Crippen LogP) is 2.07. The Hall–Kier alpha value is -1.69. The zero-order valence-electron chi connectivity index (χ0n) is 12.0. The van der Waals surface area contributed by atoms with Gasteiger partial charge in [0.05, 0.1) is 6.04 Å². The molecule has 2 rings (SSSR count). The minimum Gasteiger partial charge on any atom is -0.487 e. The maximum Gasteiger partial charge on any atom is 0.239 e. The molecule has 1 aromatic rings. The minimum atomic E-state index is -0.707. The molecular weight excluding hydrogens is 278 g/mol. The normalized spacial score (nSPS) is 17.6. The van der Waals surface area contributed by atoms with Crippen LogP contribution in [0.2, 0.25) is 0 Å². The second kappa shape index (κ2) is 6.85. The number of ether oxygens (including phenoxy) is 1. The Morgan fingerprint density at radius 3 is 2.67 bits per heavy atom. The van der Waals surface area contributed by atoms with Gasteiger partial charge in [0.1, 0.15) is 11.9 Å². The molecule has 0 saturated carbocycles. The fourth-order valence-electron chi connectivity index (χ4n) is 2.35. The van der Waals surface area contributed by atoms with Gasteiger partial charge in [-0.25, -0.2) is 8.78 Å². The number of nitrogens with two attached hydrogens (primary N) is 1. The van der Waals surface area contributed by atoms with Crippen LogP contribution in [0.1, 0.15) is 26.2 Å². The van der Waals surface area contributed by atoms with Crippen molar-refractivity contribution in [3.05, 3.63) is 29.8 Å². The van der Waals surface area contributed by atoms with Crippen molar-refractivity contribution in [3.8, 4) is 5.75 Å². The number of likely N-dealkylation sites (tertiary alicyclic amines) is 1. The van der Waals surface area contributed by atoms with Gasteiger partial charge in [-0.2, -0.15) is 0 Å². The van der Waals surface area contributed by atoms with E-state index in [1.165, 1.54) is 6.07 Å². The van der Waals surface area contributed by atoms with E-state index >= 15 is 0 Å². The van der Waals surface area contributed by atoms with Gasteiger partial charge in [0, 0.05) is 32.0 Å². The van der Waals surface area contributed by atoms with Crippen molar-refractivity contribution < 1.29 is 18.3 Å². The molecule has 0 radical (unpaired) electrons. The lowest BCUT2D eigenvalue weighted by Crippen LogP contribution is -2.48. The van der Waals surface area contributed by atoms with Crippen LogP contribution < -0.4 is 10.5 Å². The van der Waals surface area contributed by atoms with Crippen molar-refractivity contribution in [2.45, 2.75) is 38.3 Å². The number of rotatable bonds is 4. The number of nitrogens with zero attached hydrogens (tertiary/aromatic N) is 1. The monoisotopic (exact) mass is 298 g/mol. The number of amides is 1. The highest BCUT2D eigenvalue weighted by atomic mass is 19.1. The molecule has 0 bridgehead atoms. The number of piperidine rings is 1. The van der Waals surface area contributed by atoms with Gasteiger partial charge in [-0.15, -0.1) is 0 Å². The van der Waals surface area contributed by atoms with Crippen LogP contribution >= 0.6 is 0 Å². The van der Waals surface area contributed by atoms with Crippen molar-refractivity contribution in [2.75, 3.05) is 13.1 Å². The molecule has 21 heavy (non-hydrogen) atoms. The predicted molar refractivity (Wildman–Crippen MR) is 74.9 cm³/mol. The first-order valence-corrected chi connectivity index (χ1v) is 7.17. The lowest BCUT2D eigenvalue weighted by atomic mass is 10.1. The van der Waals surface area contributed by atoms with Gasteiger partial charge in [-0.05, 0) is 18.6 Å². The summed E-state index contributed by atoms with van der Waals surface area (Å²) in [6.07, 6.45) is 1.65. The average Bonchev–Trinajstić information content (AvgIpc) is 2.49. The van der Waals surface area contributed by atoms with Crippen molar-refractivity contribution in [1.82, 2.24) is 4.90 Å². The first-order chi connectivity index (χ1) is 10.0. The van der Waals surface area contributed by atoms with Crippen LogP contribution in [-0.4, -0.2) is 36.0 Å². The van der Waals surface area contributed by atoms with Crippen molar-refractivity contribution >= 4 is 5.91 Å². The van der Waals surface area contributed by atoms with Crippen LogP contribution in [0.3, 0.4) is 0 Å². The molecule has 0 aliphatic carbocycles. The Labute approximate surface area is 122 Å². The number of carbonyl (C=O) groups is 1. The minimum absolute atomic E-state index is 0.0476. The van der Waals surface area contributed by atoms with Crippen LogP contribution in [-0.2, 0) is 4.79 Å². The highest BCUT2D eigenvalue weighted by Gasteiger charge is 2.26. The molecule has 1 atom stereocenters. The third-order valence-electron chi connectivity index (χ3n) is 3.70. The Morgan fingerprint density at radius 2 is 2.10 bits per heavy atom. The van der Waals surface area contributed by atoms with E-state index in [4.69, 9.17) is 10.5 Å². The summed E-state index contributed by atoms with van der Waals surface area (Å²) in [7, 11) is 0. The quantitative estimate of drug-likeness (QED) is 0.926. The lowest BCUT2D eigenvalue weighted by Gasteiger charge is -2.33. The standard InChI is InChI=1S/C15H20F2N2O2/c1-2-13(18)15(20)19-7-5-11(6-8-19)21-14-4-3-10(16)9-12(14)17/h3-4,9,11,13H,2,5-8,18H2,1H3/t13-/m1/s1. The molecule has 1 fully saturated rings. The van der Waals surface area contributed by atoms with Crippen LogP contribution in [0.5, 0.6) is 5.75 Å². The number of halogens is 2. The first kappa shape index (κ1) is 15.7. The van der Waals surface area contributed by atoms with Crippen LogP contribution in [0, 0.1) is 11.6 Å². The average molecular weight is 298 g/mol. The molecule has 1 aliphatic rings. The Kier molecular flexibility index (Phi) is 5.12. The zero-order valence-corrected chi connectivity index (χ0v) is 12.0. The highest BCUT2D eigenvalue weighted by molar-refractivity contribution is 5.81. The summed E-state index contributed by atoms with van der Waals surface area (Å²) < 4.78 is 31.9. The summed E-state index contributed by atoms with van der Waals surface area (Å²) in [4.78, 5) is 13.7. The third kappa shape index (κ3) is 3.91. The van der Waals surface area contributed by atoms with E-state index < -0.39 is 17.7 Å². The van der Waals surface area contributed by atoms with E-state index in [9.17, 15) is 13.6 Å². The van der Waals surface area contributed by atoms with E-state index in [0.29, 0.717) is 32.4 Å². The molecule has 0 unspecified atom stereocenters. The molecule has 2 N–H and O–H groups in total. The molecule has 1 amide bonds. The van der Waals surface area contributed by atoms with E-state index in [-0.39, 0.29) is 17.8 Å². The summed E-state index contributed by atoms with van der Waals surface area (Å²) in [6, 6.07) is 2.79. The van der Waals surface area contributed by atoms with Gasteiger partial charge in [-0.3, -0.25) is 4.79 Å². The second-order valence-corrected chi connectivity index (χ2v) is 5.23. The molecular formula is C15H20F2N2O2. The molecule has 116 valence electrons. The van der Waals surface area contributed by atoms with Gasteiger partial charge >= 0.3 is 0 Å². The lowest BCUT2D eigenvalue weighted by molar-refractivity contribution is -0.134. The van der Waals surface area contributed by atoms with Gasteiger partial charge in [0.25, 0.3) is 0 Å². The second-order valence-electron chi connectivity index (χ2n) is 5.23. The number of hydrogen-bond acceptors (Lipinski definition) is 3. The van der Waals surface area contributed by atoms with E-state index in [1.807, 2.05) is 6.92 Å². The molecule has 6 heteroatoms. The van der Waals surface area contributed by atoms with Crippen LogP contribution in [0.4, 0.5) is 8.78 Å². The largest absolute Gasteiger partial charge is 0.487 e. The fraction of sp³-hybridized carbons (Fsp3) is 0.533. The molecule has 1 saturated heterocycles. The third-order valence-corrected chi connectivity index (χ3v) is 3.70. The van der Waals surface area contributed by atoms with E-state index in [0.717, 1.165) is 12.1 Å². The summed E-state index contributed by atoms with van der Waals surface area (Å²) in [6.45, 7) is 2.95. The summed E-state index contributed by atoms with van der Waals surface area (Å²) >= 11 is 0. The van der Waals surface area contributed by atoms with Crippen LogP contribution in [0.25, 0.3) is 0 Å². The molecule has 1 heterocycles. The number of benzene rings is 1. The van der Waals surface area contributed by atoms with E-state index in [1.54, 1.807) is 4.90 Å². The summed E-state index contributed by atoms with van der Waals surface area (Å²) in [5, 5.41) is 0. The van der Waals surface area contributed by atoms with Crippen molar-refractivity contribution in [1.29, 1.82) is 0 Å². The SMILES string of the molecule is CC[C@@H](N)C(=O)N1CCC(Oc2ccc(F)cc2F)CC1. The maximum absolute atomic E-state index is 13.5. The summed E-state index contributed by atoms with van der Waals surface area (Å²) in [5.41, 5.74) is 5.73. The number of hydrogen-bond donors (Lipinski definition) is 1. The fourth-order valence-corrected chi connectivity index (χ4v) is 2.35. The van der Waals surface area contributed by atoms with Gasteiger partial charge in [0.15, 0.2) is 11.6 Å². The van der Waals surface area contributed by atoms with E-state index in [2.05, 4.69) is 0 Å². The maximum atomic E-state index is 13.5. The molecule has 0 aromatic heterocycles. The highest BCUT2D eigenvalue weighted by Crippen LogP contribution is 2.23. The first-order valence-electron chi connectivity index (χ1n) is 7.17. The van der Waals surface area contributed by atoms with Crippen LogP contribution in [0.15, 0.2) is 18.2 Å². The van der Waals surface area contributed by atoms with Gasteiger partial charge in [-0.1, -0.05) is 6.92 Å². The Morgan fingerprint density at radius 1 is 1.43 bits per heavy atom. The van der Waals surface area contributed by atoms with Crippen molar-refractivity contribution in [3.63, 3.8) is 0 Å². The Balaban J connectivity index is 1.88. The number of carbonyl (C=O) groups excluding carboxylic acids is 1. The molecule has 1 aliphatic heterocycles. The zero-order chi connectivity index (χ0) is 15.4. The molecule has 0 spiro atoms. The Bertz CT molecular complexity index is 502. The van der Waals surface area contributed by atoms with Crippen molar-refractivity contribution in [2.24, 2.45) is 5.73 Å². The molecule has 1 aromatic carbocycles. The molecule has 4 nitrogen and oxygen atoms in total.